The fourth-order valence-electron chi connectivity index (χ4n) is 4.45. The lowest BCUT2D eigenvalue weighted by Crippen LogP contribution is -2.59. The van der Waals surface area contributed by atoms with Gasteiger partial charge in [-0.15, -0.1) is 0 Å². The predicted octanol–water partition coefficient (Wildman–Crippen LogP) is 2.91. The van der Waals surface area contributed by atoms with Crippen LogP contribution in [0.25, 0.3) is 11.1 Å². The highest BCUT2D eigenvalue weighted by Gasteiger charge is 2.42. The minimum atomic E-state index is -1.33. The number of alkyl carbamates (subject to hydrolysis) is 1. The normalized spacial score (nSPS) is 17.4. The number of aliphatic carboxylic acids is 1. The van der Waals surface area contributed by atoms with E-state index in [0.717, 1.165) is 22.3 Å². The van der Waals surface area contributed by atoms with Gasteiger partial charge >= 0.3 is 12.1 Å². The fourth-order valence-corrected chi connectivity index (χ4v) is 4.45. The number of carboxylic acid groups (broad SMARTS) is 1. The Morgan fingerprint density at radius 3 is 2.21 bits per heavy atom. The Kier molecular flexibility index (Phi) is 6.65. The number of ether oxygens (including phenoxy) is 2. The molecule has 2 aliphatic rings. The average Bonchev–Trinajstić information content (AvgIpc) is 3.15. The van der Waals surface area contributed by atoms with E-state index in [1.165, 1.54) is 0 Å². The number of carbonyl (C=O) groups excluding carboxylic acids is 2. The molecule has 0 bridgehead atoms. The Morgan fingerprint density at radius 1 is 1.06 bits per heavy atom. The summed E-state index contributed by atoms with van der Waals surface area (Å²) in [4.78, 5) is 36.6. The molecule has 2 aromatic rings. The van der Waals surface area contributed by atoms with Gasteiger partial charge in [0.1, 0.15) is 12.1 Å². The lowest BCUT2D eigenvalue weighted by atomic mass is 9.89. The Balaban J connectivity index is 1.30. The van der Waals surface area contributed by atoms with E-state index in [0.29, 0.717) is 0 Å². The second-order valence-electron chi connectivity index (χ2n) is 8.60. The van der Waals surface area contributed by atoms with Crippen LogP contribution >= 0.6 is 0 Å². The van der Waals surface area contributed by atoms with Crippen LogP contribution in [-0.4, -0.2) is 55.0 Å². The molecular formula is C25H28N2O6. The van der Waals surface area contributed by atoms with Gasteiger partial charge in [0.25, 0.3) is 0 Å². The molecule has 2 aromatic carbocycles. The molecule has 0 saturated carbocycles. The lowest BCUT2D eigenvalue weighted by molar-refractivity contribution is -0.152. The summed E-state index contributed by atoms with van der Waals surface area (Å²) in [5.74, 6) is -2.17. The Hall–Kier alpha value is -3.39. The topological polar surface area (TPSA) is 114 Å². The van der Waals surface area contributed by atoms with Crippen LogP contribution in [0, 0.1) is 5.92 Å². The van der Waals surface area contributed by atoms with E-state index >= 15 is 0 Å². The summed E-state index contributed by atoms with van der Waals surface area (Å²) in [6, 6.07) is 16.2. The summed E-state index contributed by atoms with van der Waals surface area (Å²) in [7, 11) is 0. The summed E-state index contributed by atoms with van der Waals surface area (Å²) in [5, 5.41) is 14.9. The molecule has 8 heteroatoms. The summed E-state index contributed by atoms with van der Waals surface area (Å²) < 4.78 is 10.7. The van der Waals surface area contributed by atoms with Gasteiger partial charge in [0.05, 0.1) is 5.92 Å². The van der Waals surface area contributed by atoms with Gasteiger partial charge in [0.2, 0.25) is 5.91 Å². The Bertz CT molecular complexity index is 1000. The van der Waals surface area contributed by atoms with Gasteiger partial charge in [0, 0.05) is 38.5 Å². The Labute approximate surface area is 192 Å². The molecule has 0 aromatic heterocycles. The number of nitrogens with one attached hydrogen (secondary N) is 2. The van der Waals surface area contributed by atoms with Gasteiger partial charge in [-0.1, -0.05) is 55.5 Å². The smallest absolute Gasteiger partial charge is 0.407 e. The van der Waals surface area contributed by atoms with E-state index in [2.05, 4.69) is 22.8 Å². The monoisotopic (exact) mass is 452 g/mol. The van der Waals surface area contributed by atoms with Gasteiger partial charge in [-0.05, 0) is 22.3 Å². The molecule has 33 heavy (non-hydrogen) atoms. The first-order valence-electron chi connectivity index (χ1n) is 11.1. The predicted molar refractivity (Wildman–Crippen MR) is 121 cm³/mol. The van der Waals surface area contributed by atoms with Crippen molar-refractivity contribution in [3.05, 3.63) is 59.7 Å². The van der Waals surface area contributed by atoms with Gasteiger partial charge in [-0.2, -0.15) is 0 Å². The molecule has 174 valence electrons. The molecular weight excluding hydrogens is 424 g/mol. The third-order valence-corrected chi connectivity index (χ3v) is 6.46. The van der Waals surface area contributed by atoms with E-state index in [4.69, 9.17) is 9.47 Å². The Morgan fingerprint density at radius 2 is 1.64 bits per heavy atom. The first-order chi connectivity index (χ1) is 15.9. The fraction of sp³-hybridized carbons (Fsp3) is 0.400. The van der Waals surface area contributed by atoms with E-state index < -0.39 is 29.4 Å². The van der Waals surface area contributed by atoms with Gasteiger partial charge in [-0.25, -0.2) is 9.59 Å². The third-order valence-electron chi connectivity index (χ3n) is 6.46. The van der Waals surface area contributed by atoms with Crippen LogP contribution in [0.2, 0.25) is 0 Å². The molecule has 1 atom stereocenters. The van der Waals surface area contributed by atoms with Crippen molar-refractivity contribution in [1.29, 1.82) is 0 Å². The van der Waals surface area contributed by atoms with E-state index in [1.54, 1.807) is 6.92 Å². The van der Waals surface area contributed by atoms with E-state index in [-0.39, 0.29) is 45.1 Å². The van der Waals surface area contributed by atoms with Gasteiger partial charge in [-0.3, -0.25) is 4.79 Å². The second kappa shape index (κ2) is 9.62. The van der Waals surface area contributed by atoms with E-state index in [9.17, 15) is 19.5 Å². The van der Waals surface area contributed by atoms with Crippen LogP contribution in [0.4, 0.5) is 4.79 Å². The standard InChI is InChI=1S/C25H28N2O6/c1-16(22(28)27-25(23(29)30)10-12-32-13-11-25)14-26-24(31)33-15-21-19-8-4-2-6-17(19)18-7-3-5-9-20(18)21/h2-9,16,21H,10-15H2,1H3,(H,26,31)(H,27,28)(H,29,30). The summed E-state index contributed by atoms with van der Waals surface area (Å²) in [5.41, 5.74) is 3.21. The molecule has 1 saturated heterocycles. The third kappa shape index (κ3) is 4.71. The maximum absolute atomic E-state index is 12.6. The number of amides is 2. The molecule has 1 aliphatic carbocycles. The first-order valence-corrected chi connectivity index (χ1v) is 11.1. The van der Waals surface area contributed by atoms with Crippen molar-refractivity contribution in [3.8, 4) is 11.1 Å². The summed E-state index contributed by atoms with van der Waals surface area (Å²) in [6.07, 6.45) is -0.197. The zero-order valence-electron chi connectivity index (χ0n) is 18.5. The molecule has 1 heterocycles. The summed E-state index contributed by atoms with van der Waals surface area (Å²) in [6.45, 7) is 2.41. The number of fused-ring (bicyclic) bond motifs is 3. The van der Waals surface area contributed by atoms with Crippen LogP contribution in [0.1, 0.15) is 36.8 Å². The molecule has 0 radical (unpaired) electrons. The van der Waals surface area contributed by atoms with Gasteiger partial charge in [0.15, 0.2) is 0 Å². The van der Waals surface area contributed by atoms with Crippen molar-refractivity contribution in [2.45, 2.75) is 31.2 Å². The average molecular weight is 453 g/mol. The van der Waals surface area contributed by atoms with Crippen LogP contribution in [0.3, 0.4) is 0 Å². The SMILES string of the molecule is CC(CNC(=O)OCC1c2ccccc2-c2ccccc21)C(=O)NC1(C(=O)O)CCOCC1. The van der Waals surface area contributed by atoms with Crippen molar-refractivity contribution in [1.82, 2.24) is 10.6 Å². The van der Waals surface area contributed by atoms with Crippen LogP contribution < -0.4 is 10.6 Å². The zero-order chi connectivity index (χ0) is 23.4. The van der Waals surface area contributed by atoms with E-state index in [1.807, 2.05) is 36.4 Å². The highest BCUT2D eigenvalue weighted by molar-refractivity contribution is 5.88. The largest absolute Gasteiger partial charge is 0.480 e. The van der Waals surface area contributed by atoms with Crippen molar-refractivity contribution in [3.63, 3.8) is 0 Å². The number of rotatable bonds is 7. The quantitative estimate of drug-likeness (QED) is 0.595. The minimum absolute atomic E-state index is 0.0364. The molecule has 8 nitrogen and oxygen atoms in total. The van der Waals surface area contributed by atoms with Crippen molar-refractivity contribution < 1.29 is 29.0 Å². The lowest BCUT2D eigenvalue weighted by Gasteiger charge is -2.34. The maximum atomic E-state index is 12.6. The molecule has 1 unspecified atom stereocenters. The van der Waals surface area contributed by atoms with Crippen molar-refractivity contribution in [2.24, 2.45) is 5.92 Å². The molecule has 1 fully saturated rings. The highest BCUT2D eigenvalue weighted by Crippen LogP contribution is 2.44. The molecule has 2 amide bonds. The molecule has 0 spiro atoms. The second-order valence-corrected chi connectivity index (χ2v) is 8.60. The van der Waals surface area contributed by atoms with Crippen LogP contribution in [-0.2, 0) is 19.1 Å². The molecule has 3 N–H and O–H groups in total. The first kappa shape index (κ1) is 22.8. The maximum Gasteiger partial charge on any atom is 0.407 e. The number of hydrogen-bond donors (Lipinski definition) is 3. The number of carbonyl (C=O) groups is 3. The van der Waals surface area contributed by atoms with Crippen LogP contribution in [0.5, 0.6) is 0 Å². The summed E-state index contributed by atoms with van der Waals surface area (Å²) >= 11 is 0. The minimum Gasteiger partial charge on any atom is -0.480 e. The number of hydrogen-bond acceptors (Lipinski definition) is 5. The van der Waals surface area contributed by atoms with Crippen molar-refractivity contribution >= 4 is 18.0 Å². The number of benzene rings is 2. The zero-order valence-corrected chi connectivity index (χ0v) is 18.5. The molecule has 1 aliphatic heterocycles. The highest BCUT2D eigenvalue weighted by atomic mass is 16.5. The van der Waals surface area contributed by atoms with Crippen molar-refractivity contribution in [2.75, 3.05) is 26.4 Å². The number of carboxylic acids is 1. The molecule has 4 rings (SSSR count). The van der Waals surface area contributed by atoms with Gasteiger partial charge < -0.3 is 25.2 Å². The van der Waals surface area contributed by atoms with Crippen LogP contribution in [0.15, 0.2) is 48.5 Å².